The lowest BCUT2D eigenvalue weighted by Crippen LogP contribution is -2.39. The zero-order chi connectivity index (χ0) is 17.7. The second-order valence-electron chi connectivity index (χ2n) is 6.04. The molecule has 3 nitrogen and oxygen atoms in total. The molecule has 128 valence electrons. The van der Waals surface area contributed by atoms with E-state index in [-0.39, 0.29) is 11.9 Å². The van der Waals surface area contributed by atoms with Crippen LogP contribution in [0.1, 0.15) is 43.0 Å². The molecular weight excluding hydrogens is 322 g/mol. The van der Waals surface area contributed by atoms with Gasteiger partial charge in [0.2, 0.25) is 0 Å². The molecule has 0 saturated carbocycles. The maximum absolute atomic E-state index is 12.6. The molecule has 0 heterocycles. The monoisotopic (exact) mass is 345 g/mol. The van der Waals surface area contributed by atoms with Crippen LogP contribution >= 0.6 is 11.6 Å². The van der Waals surface area contributed by atoms with Crippen molar-refractivity contribution in [3.63, 3.8) is 0 Å². The predicted octanol–water partition coefficient (Wildman–Crippen LogP) is 4.99. The number of ether oxygens (including phenoxy) is 1. The normalized spacial score (nSPS) is 13.2. The Labute approximate surface area is 149 Å². The van der Waals surface area contributed by atoms with E-state index in [4.69, 9.17) is 16.3 Å². The van der Waals surface area contributed by atoms with Crippen LogP contribution in [0.3, 0.4) is 0 Å². The minimum absolute atomic E-state index is 0.0821. The smallest absolute Gasteiger partial charge is 0.261 e. The highest BCUT2D eigenvalue weighted by atomic mass is 35.5. The summed E-state index contributed by atoms with van der Waals surface area (Å²) in [7, 11) is 0. The summed E-state index contributed by atoms with van der Waals surface area (Å²) >= 11 is 6.11. The zero-order valence-corrected chi connectivity index (χ0v) is 15.4. The Balaban J connectivity index is 2.09. The summed E-state index contributed by atoms with van der Waals surface area (Å²) in [6.07, 6.45) is -0.00574. The van der Waals surface area contributed by atoms with E-state index in [1.54, 1.807) is 12.1 Å². The van der Waals surface area contributed by atoms with E-state index in [0.717, 1.165) is 11.1 Å². The molecule has 0 aromatic heterocycles. The molecule has 1 N–H and O–H groups in total. The van der Waals surface area contributed by atoms with Gasteiger partial charge >= 0.3 is 0 Å². The lowest BCUT2D eigenvalue weighted by atomic mass is 10.00. The predicted molar refractivity (Wildman–Crippen MR) is 98.6 cm³/mol. The van der Waals surface area contributed by atoms with Crippen molar-refractivity contribution in [1.29, 1.82) is 0 Å². The van der Waals surface area contributed by atoms with Gasteiger partial charge in [0.25, 0.3) is 5.91 Å². The quantitative estimate of drug-likeness (QED) is 0.800. The van der Waals surface area contributed by atoms with Crippen molar-refractivity contribution in [2.24, 2.45) is 0 Å². The largest absolute Gasteiger partial charge is 0.479 e. The molecule has 2 rings (SSSR count). The fourth-order valence-electron chi connectivity index (χ4n) is 2.63. The molecule has 0 unspecified atom stereocenters. The van der Waals surface area contributed by atoms with Crippen LogP contribution in [0, 0.1) is 13.8 Å². The van der Waals surface area contributed by atoms with Gasteiger partial charge in [-0.25, -0.2) is 0 Å². The third-order valence-corrected chi connectivity index (χ3v) is 4.34. The SMILES string of the molecule is CC[C@@H](Oc1ccccc1Cl)C(=O)N[C@H](C)c1cc(C)ccc1C. The minimum atomic E-state index is -0.572. The molecule has 1 amide bonds. The summed E-state index contributed by atoms with van der Waals surface area (Å²) in [4.78, 5) is 12.6. The van der Waals surface area contributed by atoms with E-state index >= 15 is 0 Å². The number of aryl methyl sites for hydroxylation is 2. The van der Waals surface area contributed by atoms with Crippen molar-refractivity contribution in [3.8, 4) is 5.75 Å². The highest BCUT2D eigenvalue weighted by Crippen LogP contribution is 2.25. The Morgan fingerprint density at radius 1 is 1.21 bits per heavy atom. The number of benzene rings is 2. The van der Waals surface area contributed by atoms with Crippen molar-refractivity contribution in [1.82, 2.24) is 5.32 Å². The summed E-state index contributed by atoms with van der Waals surface area (Å²) < 4.78 is 5.80. The molecule has 0 aliphatic heterocycles. The number of rotatable bonds is 6. The molecule has 2 atom stereocenters. The van der Waals surface area contributed by atoms with E-state index in [9.17, 15) is 4.79 Å². The molecule has 2 aromatic carbocycles. The summed E-state index contributed by atoms with van der Waals surface area (Å²) in [5.74, 6) is 0.395. The van der Waals surface area contributed by atoms with E-state index in [1.807, 2.05) is 32.9 Å². The zero-order valence-electron chi connectivity index (χ0n) is 14.6. The molecule has 0 radical (unpaired) electrons. The second-order valence-corrected chi connectivity index (χ2v) is 6.44. The third kappa shape index (κ3) is 4.51. The molecule has 4 heteroatoms. The minimum Gasteiger partial charge on any atom is -0.479 e. The Hall–Kier alpha value is -2.00. The molecule has 0 fully saturated rings. The first-order chi connectivity index (χ1) is 11.4. The Morgan fingerprint density at radius 3 is 2.58 bits per heavy atom. The molecule has 0 aliphatic carbocycles. The van der Waals surface area contributed by atoms with Gasteiger partial charge in [0.1, 0.15) is 5.75 Å². The van der Waals surface area contributed by atoms with Gasteiger partial charge in [0.05, 0.1) is 11.1 Å². The van der Waals surface area contributed by atoms with Gasteiger partial charge in [-0.05, 0) is 50.5 Å². The third-order valence-electron chi connectivity index (χ3n) is 4.03. The summed E-state index contributed by atoms with van der Waals surface area (Å²) in [6.45, 7) is 8.01. The van der Waals surface area contributed by atoms with Gasteiger partial charge in [0.15, 0.2) is 6.10 Å². The summed E-state index contributed by atoms with van der Waals surface area (Å²) in [5, 5.41) is 3.55. The number of carbonyl (C=O) groups excluding carboxylic acids is 1. The van der Waals surface area contributed by atoms with Crippen molar-refractivity contribution >= 4 is 17.5 Å². The van der Waals surface area contributed by atoms with Gasteiger partial charge in [-0.2, -0.15) is 0 Å². The van der Waals surface area contributed by atoms with Crippen LogP contribution in [-0.2, 0) is 4.79 Å². The molecule has 24 heavy (non-hydrogen) atoms. The van der Waals surface area contributed by atoms with E-state index < -0.39 is 6.10 Å². The fourth-order valence-corrected chi connectivity index (χ4v) is 2.81. The molecule has 0 saturated heterocycles. The van der Waals surface area contributed by atoms with Crippen molar-refractivity contribution in [2.45, 2.75) is 46.3 Å². The average Bonchev–Trinajstić information content (AvgIpc) is 2.56. The highest BCUT2D eigenvalue weighted by Gasteiger charge is 2.22. The first-order valence-electron chi connectivity index (χ1n) is 8.21. The number of hydrogen-bond donors (Lipinski definition) is 1. The standard InChI is InChI=1S/C20H24ClNO2/c1-5-18(24-19-9-7-6-8-17(19)21)20(23)22-15(4)16-12-13(2)10-11-14(16)3/h6-12,15,18H,5H2,1-4H3,(H,22,23)/t15-,18-/m1/s1. The highest BCUT2D eigenvalue weighted by molar-refractivity contribution is 6.32. The van der Waals surface area contributed by atoms with Gasteiger partial charge in [-0.1, -0.05) is 54.4 Å². The van der Waals surface area contributed by atoms with Gasteiger partial charge in [-0.15, -0.1) is 0 Å². The Morgan fingerprint density at radius 2 is 1.92 bits per heavy atom. The molecule has 2 aromatic rings. The lowest BCUT2D eigenvalue weighted by molar-refractivity contribution is -0.128. The lowest BCUT2D eigenvalue weighted by Gasteiger charge is -2.22. The van der Waals surface area contributed by atoms with Crippen LogP contribution in [0.5, 0.6) is 5.75 Å². The topological polar surface area (TPSA) is 38.3 Å². The van der Waals surface area contributed by atoms with Crippen molar-refractivity contribution in [2.75, 3.05) is 0 Å². The molecule has 0 bridgehead atoms. The van der Waals surface area contributed by atoms with Crippen LogP contribution in [0.2, 0.25) is 5.02 Å². The van der Waals surface area contributed by atoms with Crippen LogP contribution in [0.4, 0.5) is 0 Å². The van der Waals surface area contributed by atoms with E-state index in [2.05, 4.69) is 30.4 Å². The van der Waals surface area contributed by atoms with Crippen molar-refractivity contribution in [3.05, 3.63) is 64.2 Å². The first kappa shape index (κ1) is 18.3. The number of nitrogens with one attached hydrogen (secondary N) is 1. The van der Waals surface area contributed by atoms with E-state index in [1.165, 1.54) is 5.56 Å². The van der Waals surface area contributed by atoms with Crippen LogP contribution in [0.25, 0.3) is 0 Å². The fraction of sp³-hybridized carbons (Fsp3) is 0.350. The number of carbonyl (C=O) groups is 1. The Bertz CT molecular complexity index is 715. The maximum atomic E-state index is 12.6. The van der Waals surface area contributed by atoms with Gasteiger partial charge in [0, 0.05) is 0 Å². The number of hydrogen-bond acceptors (Lipinski definition) is 2. The average molecular weight is 346 g/mol. The number of amides is 1. The summed E-state index contributed by atoms with van der Waals surface area (Å²) in [5.41, 5.74) is 3.46. The second kappa shape index (κ2) is 8.20. The Kier molecular flexibility index (Phi) is 6.27. The van der Waals surface area contributed by atoms with Crippen LogP contribution in [0.15, 0.2) is 42.5 Å². The van der Waals surface area contributed by atoms with Gasteiger partial charge < -0.3 is 10.1 Å². The molecular formula is C20H24ClNO2. The maximum Gasteiger partial charge on any atom is 0.261 e. The van der Waals surface area contributed by atoms with Gasteiger partial charge in [-0.3, -0.25) is 4.79 Å². The first-order valence-corrected chi connectivity index (χ1v) is 8.59. The van der Waals surface area contributed by atoms with Crippen LogP contribution < -0.4 is 10.1 Å². The molecule has 0 aliphatic rings. The molecule has 0 spiro atoms. The van der Waals surface area contributed by atoms with Crippen LogP contribution in [-0.4, -0.2) is 12.0 Å². The van der Waals surface area contributed by atoms with E-state index in [0.29, 0.717) is 17.2 Å². The number of halogens is 1. The van der Waals surface area contributed by atoms with Crippen molar-refractivity contribution < 1.29 is 9.53 Å². The number of para-hydroxylation sites is 1. The summed E-state index contributed by atoms with van der Waals surface area (Å²) in [6, 6.07) is 13.4.